The lowest BCUT2D eigenvalue weighted by molar-refractivity contribution is 0.308. The number of pyridine rings is 1. The Labute approximate surface area is 94.7 Å². The summed E-state index contributed by atoms with van der Waals surface area (Å²) < 4.78 is 6.66. The average molecular weight is 270 g/mol. The lowest BCUT2D eigenvalue weighted by Gasteiger charge is -2.02. The van der Waals surface area contributed by atoms with Gasteiger partial charge in [0, 0.05) is 11.1 Å². The summed E-state index contributed by atoms with van der Waals surface area (Å²) in [7, 11) is 0. The number of aromatic nitrogens is 1. The normalized spacial score (nSPS) is 10.1. The number of nitrogens with zero attached hydrogens (tertiary/aromatic N) is 1. The van der Waals surface area contributed by atoms with Gasteiger partial charge in [-0.25, -0.2) is 0 Å². The highest BCUT2D eigenvalue weighted by Gasteiger charge is 1.98. The Bertz CT molecular complexity index is 402. The Morgan fingerprint density at radius 1 is 1.36 bits per heavy atom. The Morgan fingerprint density at radius 2 is 2.29 bits per heavy atom. The maximum atomic E-state index is 5.53. The van der Waals surface area contributed by atoms with Gasteiger partial charge in [0.1, 0.15) is 12.4 Å². The summed E-state index contributed by atoms with van der Waals surface area (Å²) in [5, 5.41) is 0. The predicted octanol–water partition coefficient (Wildman–Crippen LogP) is 3.48. The third-order valence-electron chi connectivity index (χ3n) is 1.64. The fourth-order valence-electron chi connectivity index (χ4n) is 1.02. The molecule has 0 saturated carbocycles. The van der Waals surface area contributed by atoms with Crippen LogP contribution in [0.3, 0.4) is 0 Å². The zero-order valence-corrected chi connectivity index (χ0v) is 9.72. The van der Waals surface area contributed by atoms with Crippen molar-refractivity contribution in [3.63, 3.8) is 0 Å². The van der Waals surface area contributed by atoms with Crippen LogP contribution in [-0.2, 0) is 6.61 Å². The van der Waals surface area contributed by atoms with E-state index in [1.165, 1.54) is 4.88 Å². The van der Waals surface area contributed by atoms with Gasteiger partial charge in [-0.15, -0.1) is 11.3 Å². The maximum absolute atomic E-state index is 5.53. The molecule has 0 radical (unpaired) electrons. The Hall–Kier alpha value is -0.870. The first-order chi connectivity index (χ1) is 6.84. The minimum atomic E-state index is 0.599. The minimum absolute atomic E-state index is 0.599. The van der Waals surface area contributed by atoms with Gasteiger partial charge in [0.25, 0.3) is 0 Å². The van der Waals surface area contributed by atoms with Crippen LogP contribution in [0.5, 0.6) is 5.75 Å². The monoisotopic (exact) mass is 269 g/mol. The van der Waals surface area contributed by atoms with Gasteiger partial charge in [-0.3, -0.25) is 4.98 Å². The molecule has 72 valence electrons. The zero-order valence-electron chi connectivity index (χ0n) is 7.31. The minimum Gasteiger partial charge on any atom is -0.486 e. The van der Waals surface area contributed by atoms with Crippen molar-refractivity contribution in [2.24, 2.45) is 0 Å². The van der Waals surface area contributed by atoms with Crippen LogP contribution in [-0.4, -0.2) is 4.98 Å². The molecule has 2 rings (SSSR count). The zero-order chi connectivity index (χ0) is 9.80. The summed E-state index contributed by atoms with van der Waals surface area (Å²) in [4.78, 5) is 5.17. The second kappa shape index (κ2) is 4.57. The molecule has 0 saturated heterocycles. The molecular weight excluding hydrogens is 262 g/mol. The molecule has 0 aliphatic heterocycles. The molecule has 0 fully saturated rings. The van der Waals surface area contributed by atoms with E-state index >= 15 is 0 Å². The van der Waals surface area contributed by atoms with Crippen LogP contribution in [0.2, 0.25) is 0 Å². The summed E-state index contributed by atoms with van der Waals surface area (Å²) in [5.74, 6) is 0.803. The second-order valence-electron chi connectivity index (χ2n) is 2.68. The van der Waals surface area contributed by atoms with Crippen molar-refractivity contribution in [3.8, 4) is 5.75 Å². The molecule has 2 nitrogen and oxygen atoms in total. The molecule has 2 heterocycles. The highest BCUT2D eigenvalue weighted by molar-refractivity contribution is 9.11. The molecular formula is C10H8BrNOS. The van der Waals surface area contributed by atoms with Crippen LogP contribution < -0.4 is 4.74 Å². The molecule has 2 aromatic heterocycles. The summed E-state index contributed by atoms with van der Waals surface area (Å²) in [6.07, 6.45) is 3.44. The number of rotatable bonds is 3. The topological polar surface area (TPSA) is 22.1 Å². The second-order valence-corrected chi connectivity index (χ2v) is 5.23. The fourth-order valence-corrected chi connectivity index (χ4v) is 2.41. The van der Waals surface area contributed by atoms with E-state index in [1.54, 1.807) is 23.7 Å². The molecule has 0 aliphatic carbocycles. The third kappa shape index (κ3) is 2.56. The number of hydrogen-bond acceptors (Lipinski definition) is 3. The first-order valence-corrected chi connectivity index (χ1v) is 5.72. The number of thiophene rings is 1. The standard InChI is InChI=1S/C10H8BrNOS/c11-10-4-3-9(14-10)7-13-8-2-1-5-12-6-8/h1-6H,7H2. The van der Waals surface area contributed by atoms with Crippen LogP contribution in [0.15, 0.2) is 40.4 Å². The van der Waals surface area contributed by atoms with E-state index in [2.05, 4.69) is 20.9 Å². The molecule has 0 aromatic carbocycles. The van der Waals surface area contributed by atoms with Crippen LogP contribution in [0, 0.1) is 0 Å². The molecule has 0 atom stereocenters. The highest BCUT2D eigenvalue weighted by Crippen LogP contribution is 2.23. The van der Waals surface area contributed by atoms with Gasteiger partial charge in [0.15, 0.2) is 0 Å². The maximum Gasteiger partial charge on any atom is 0.138 e. The van der Waals surface area contributed by atoms with Crippen LogP contribution in [0.4, 0.5) is 0 Å². The smallest absolute Gasteiger partial charge is 0.138 e. The van der Waals surface area contributed by atoms with Crippen molar-refractivity contribution in [3.05, 3.63) is 45.3 Å². The first-order valence-electron chi connectivity index (χ1n) is 4.11. The molecule has 0 aliphatic rings. The Balaban J connectivity index is 1.95. The lowest BCUT2D eigenvalue weighted by Crippen LogP contribution is -1.92. The number of hydrogen-bond donors (Lipinski definition) is 0. The van der Waals surface area contributed by atoms with Gasteiger partial charge in [0.2, 0.25) is 0 Å². The average Bonchev–Trinajstić information content (AvgIpc) is 2.63. The SMILES string of the molecule is Brc1ccc(COc2cccnc2)s1. The Kier molecular flexibility index (Phi) is 3.16. The van der Waals surface area contributed by atoms with Crippen molar-refractivity contribution in [1.29, 1.82) is 0 Å². The van der Waals surface area contributed by atoms with Crippen LogP contribution in [0.25, 0.3) is 0 Å². The third-order valence-corrected chi connectivity index (χ3v) is 3.24. The quantitative estimate of drug-likeness (QED) is 0.851. The molecule has 14 heavy (non-hydrogen) atoms. The van der Waals surface area contributed by atoms with E-state index in [0.29, 0.717) is 6.61 Å². The molecule has 0 amide bonds. The van der Waals surface area contributed by atoms with Gasteiger partial charge < -0.3 is 4.74 Å². The summed E-state index contributed by atoms with van der Waals surface area (Å²) in [6, 6.07) is 7.83. The van der Waals surface area contributed by atoms with Crippen molar-refractivity contribution < 1.29 is 4.74 Å². The Morgan fingerprint density at radius 3 is 2.93 bits per heavy atom. The molecule has 2 aromatic rings. The van der Waals surface area contributed by atoms with Gasteiger partial charge >= 0.3 is 0 Å². The molecule has 4 heteroatoms. The highest BCUT2D eigenvalue weighted by atomic mass is 79.9. The largest absolute Gasteiger partial charge is 0.486 e. The molecule has 0 N–H and O–H groups in total. The predicted molar refractivity (Wildman–Crippen MR) is 60.6 cm³/mol. The summed E-state index contributed by atoms with van der Waals surface area (Å²) >= 11 is 5.09. The van der Waals surface area contributed by atoms with Crippen LogP contribution >= 0.6 is 27.3 Å². The van der Waals surface area contributed by atoms with Crippen molar-refractivity contribution in [1.82, 2.24) is 4.98 Å². The van der Waals surface area contributed by atoms with Crippen molar-refractivity contribution >= 4 is 27.3 Å². The van der Waals surface area contributed by atoms with E-state index in [1.807, 2.05) is 24.3 Å². The van der Waals surface area contributed by atoms with Gasteiger partial charge in [-0.1, -0.05) is 0 Å². The van der Waals surface area contributed by atoms with E-state index < -0.39 is 0 Å². The van der Waals surface area contributed by atoms with Crippen molar-refractivity contribution in [2.45, 2.75) is 6.61 Å². The van der Waals surface area contributed by atoms with Gasteiger partial charge in [-0.2, -0.15) is 0 Å². The van der Waals surface area contributed by atoms with E-state index in [-0.39, 0.29) is 0 Å². The fraction of sp³-hybridized carbons (Fsp3) is 0.100. The summed E-state index contributed by atoms with van der Waals surface area (Å²) in [6.45, 7) is 0.599. The first kappa shape index (κ1) is 9.68. The van der Waals surface area contributed by atoms with Crippen LogP contribution in [0.1, 0.15) is 4.88 Å². The molecule has 0 spiro atoms. The van der Waals surface area contributed by atoms with E-state index in [0.717, 1.165) is 9.54 Å². The van der Waals surface area contributed by atoms with E-state index in [9.17, 15) is 0 Å². The van der Waals surface area contributed by atoms with Gasteiger partial charge in [0.05, 0.1) is 9.98 Å². The van der Waals surface area contributed by atoms with Crippen molar-refractivity contribution in [2.75, 3.05) is 0 Å². The van der Waals surface area contributed by atoms with Gasteiger partial charge in [-0.05, 0) is 40.2 Å². The number of ether oxygens (including phenoxy) is 1. The molecule has 0 bridgehead atoms. The van der Waals surface area contributed by atoms with E-state index in [4.69, 9.17) is 4.74 Å². The number of halogens is 1. The molecule has 0 unspecified atom stereocenters. The lowest BCUT2D eigenvalue weighted by atomic mass is 10.4. The summed E-state index contributed by atoms with van der Waals surface area (Å²) in [5.41, 5.74) is 0.